The third kappa shape index (κ3) is 5.31. The number of hydrogen-bond acceptors (Lipinski definition) is 4. The Kier molecular flexibility index (Phi) is 7.03. The molecule has 4 aromatic rings. The molecule has 5 nitrogen and oxygen atoms in total. The summed E-state index contributed by atoms with van der Waals surface area (Å²) in [5, 5.41) is 3.81. The molecule has 0 aliphatic carbocycles. The summed E-state index contributed by atoms with van der Waals surface area (Å²) in [7, 11) is 0. The predicted octanol–water partition coefficient (Wildman–Crippen LogP) is 4.40. The number of nitrogens with two attached hydrogens (primary N) is 1. The minimum absolute atomic E-state index is 0.0911. The van der Waals surface area contributed by atoms with E-state index in [-0.39, 0.29) is 18.3 Å². The van der Waals surface area contributed by atoms with E-state index < -0.39 is 17.2 Å². The van der Waals surface area contributed by atoms with E-state index >= 15 is 0 Å². The fourth-order valence-electron chi connectivity index (χ4n) is 4.01. The Morgan fingerprint density at radius 2 is 1.71 bits per heavy atom. The van der Waals surface area contributed by atoms with E-state index in [1.54, 1.807) is 23.5 Å². The lowest BCUT2D eigenvalue weighted by atomic mass is 9.78. The van der Waals surface area contributed by atoms with Crippen LogP contribution in [0.1, 0.15) is 23.1 Å². The van der Waals surface area contributed by atoms with Crippen molar-refractivity contribution in [2.24, 2.45) is 11.7 Å². The number of para-hydroxylation sites is 1. The van der Waals surface area contributed by atoms with Crippen molar-refractivity contribution in [1.29, 1.82) is 0 Å². The minimum atomic E-state index is -0.896. The lowest BCUT2D eigenvalue weighted by molar-refractivity contribution is -0.127. The highest BCUT2D eigenvalue weighted by Crippen LogP contribution is 2.32. The van der Waals surface area contributed by atoms with Gasteiger partial charge in [0.25, 0.3) is 0 Å². The molecule has 0 bridgehead atoms. The summed E-state index contributed by atoms with van der Waals surface area (Å²) in [6.45, 7) is 1.98. The number of primary amides is 1. The smallest absolute Gasteiger partial charge is 0.230 e. The van der Waals surface area contributed by atoms with Crippen molar-refractivity contribution in [1.82, 2.24) is 10.3 Å². The minimum Gasteiger partial charge on any atom is -0.369 e. The zero-order valence-corrected chi connectivity index (χ0v) is 19.6. The molecule has 3 aromatic carbocycles. The zero-order chi connectivity index (χ0) is 24.1. The number of benzene rings is 3. The quantitative estimate of drug-likeness (QED) is 0.376. The summed E-state index contributed by atoms with van der Waals surface area (Å²) < 4.78 is 14.3. The van der Waals surface area contributed by atoms with Crippen molar-refractivity contribution in [3.8, 4) is 0 Å². The molecule has 0 saturated carbocycles. The fraction of sp³-hybridized carbons (Fsp3) is 0.222. The molecule has 2 atom stereocenters. The van der Waals surface area contributed by atoms with E-state index in [0.29, 0.717) is 12.8 Å². The zero-order valence-electron chi connectivity index (χ0n) is 18.8. The third-order valence-corrected chi connectivity index (χ3v) is 7.10. The molecule has 3 N–H and O–H groups in total. The molecule has 0 radical (unpaired) electrons. The van der Waals surface area contributed by atoms with E-state index in [1.165, 1.54) is 12.1 Å². The largest absolute Gasteiger partial charge is 0.369 e. The highest BCUT2D eigenvalue weighted by atomic mass is 32.1. The number of hydrogen-bond donors (Lipinski definition) is 2. The summed E-state index contributed by atoms with van der Waals surface area (Å²) in [6, 6.07) is 23.4. The Bertz CT molecular complexity index is 1260. The van der Waals surface area contributed by atoms with Gasteiger partial charge >= 0.3 is 0 Å². The van der Waals surface area contributed by atoms with Crippen LogP contribution in [0.15, 0.2) is 78.9 Å². The molecule has 2 amide bonds. The van der Waals surface area contributed by atoms with Gasteiger partial charge in [-0.15, -0.1) is 11.3 Å². The van der Waals surface area contributed by atoms with Gasteiger partial charge in [0.05, 0.1) is 26.6 Å². The van der Waals surface area contributed by atoms with Crippen LogP contribution in [0.25, 0.3) is 10.2 Å². The van der Waals surface area contributed by atoms with Crippen LogP contribution >= 0.6 is 11.3 Å². The number of carbonyl (C=O) groups excluding carboxylic acids is 2. The Morgan fingerprint density at radius 1 is 1.03 bits per heavy atom. The summed E-state index contributed by atoms with van der Waals surface area (Å²) in [6.07, 6.45) is 0.733. The lowest BCUT2D eigenvalue weighted by Crippen LogP contribution is -2.47. The second-order valence-corrected chi connectivity index (χ2v) is 9.71. The Labute approximate surface area is 201 Å². The summed E-state index contributed by atoms with van der Waals surface area (Å²) in [5.41, 5.74) is 7.27. The first kappa shape index (κ1) is 23.6. The number of rotatable bonds is 9. The maximum atomic E-state index is 13.6. The first-order valence-corrected chi connectivity index (χ1v) is 11.9. The maximum Gasteiger partial charge on any atom is 0.230 e. The summed E-state index contributed by atoms with van der Waals surface area (Å²) >= 11 is 1.57. The molecule has 0 aliphatic heterocycles. The molecule has 0 aliphatic rings. The highest BCUT2D eigenvalue weighted by Gasteiger charge is 2.37. The van der Waals surface area contributed by atoms with Gasteiger partial charge in [0.2, 0.25) is 11.8 Å². The molecule has 1 aromatic heterocycles. The molecule has 174 valence electrons. The first-order chi connectivity index (χ1) is 16.3. The average molecular weight is 476 g/mol. The number of halogens is 1. The molecule has 0 fully saturated rings. The average Bonchev–Trinajstić information content (AvgIpc) is 3.25. The summed E-state index contributed by atoms with van der Waals surface area (Å²) in [4.78, 5) is 30.4. The van der Waals surface area contributed by atoms with E-state index in [1.807, 2.05) is 61.5 Å². The molecule has 0 spiro atoms. The van der Waals surface area contributed by atoms with Crippen LogP contribution < -0.4 is 11.1 Å². The molecular formula is C27H26FN3O2S. The second kappa shape index (κ2) is 10.1. The number of thiazole rings is 1. The molecule has 0 saturated heterocycles. The van der Waals surface area contributed by atoms with Gasteiger partial charge in [0, 0.05) is 13.0 Å². The molecule has 4 rings (SSSR count). The standard InChI is InChI=1S/C27H26FN3O2S/c1-27(20-7-3-2-4-8-20,16-24-31-22-9-5-6-10-23(22)34-24)26(33)30-17-19(25(29)32)15-18-11-13-21(28)14-12-18/h2-14,19H,15-17H2,1H3,(H2,29,32)(H,30,33). The van der Waals surface area contributed by atoms with Crippen molar-refractivity contribution >= 4 is 33.4 Å². The maximum absolute atomic E-state index is 13.6. The molecule has 7 heteroatoms. The number of amides is 2. The number of fused-ring (bicyclic) bond motifs is 1. The van der Waals surface area contributed by atoms with Gasteiger partial charge in [0.1, 0.15) is 5.82 Å². The molecule has 1 heterocycles. The van der Waals surface area contributed by atoms with Crippen LogP contribution in [0.2, 0.25) is 0 Å². The topological polar surface area (TPSA) is 85.1 Å². The monoisotopic (exact) mass is 475 g/mol. The van der Waals surface area contributed by atoms with Crippen LogP contribution in [0.3, 0.4) is 0 Å². The number of nitrogens with zero attached hydrogens (tertiary/aromatic N) is 1. The summed E-state index contributed by atoms with van der Waals surface area (Å²) in [5.74, 6) is -1.68. The third-order valence-electron chi connectivity index (χ3n) is 6.06. The number of nitrogens with one attached hydrogen (secondary N) is 1. The van der Waals surface area contributed by atoms with Gasteiger partial charge in [-0.3, -0.25) is 9.59 Å². The number of aromatic nitrogens is 1. The first-order valence-electron chi connectivity index (χ1n) is 11.1. The van der Waals surface area contributed by atoms with Gasteiger partial charge in [-0.1, -0.05) is 54.6 Å². The van der Waals surface area contributed by atoms with Crippen molar-refractivity contribution in [3.63, 3.8) is 0 Å². The Morgan fingerprint density at radius 3 is 2.38 bits per heavy atom. The van der Waals surface area contributed by atoms with Crippen LogP contribution in [-0.4, -0.2) is 23.3 Å². The van der Waals surface area contributed by atoms with E-state index in [4.69, 9.17) is 10.7 Å². The normalized spacial score (nSPS) is 13.8. The van der Waals surface area contributed by atoms with Gasteiger partial charge in [-0.25, -0.2) is 9.37 Å². The van der Waals surface area contributed by atoms with Crippen molar-refractivity contribution < 1.29 is 14.0 Å². The van der Waals surface area contributed by atoms with Gasteiger partial charge in [0.15, 0.2) is 0 Å². The SMILES string of the molecule is CC(Cc1nc2ccccc2s1)(C(=O)NCC(Cc1ccc(F)cc1)C(N)=O)c1ccccc1. The predicted molar refractivity (Wildman–Crippen MR) is 133 cm³/mol. The Hall–Kier alpha value is -3.58. The lowest BCUT2D eigenvalue weighted by Gasteiger charge is -2.29. The molecule has 2 unspecified atom stereocenters. The van der Waals surface area contributed by atoms with Crippen molar-refractivity contribution in [2.45, 2.75) is 25.2 Å². The molecule has 34 heavy (non-hydrogen) atoms. The van der Waals surface area contributed by atoms with Crippen LogP contribution in [-0.2, 0) is 27.8 Å². The van der Waals surface area contributed by atoms with Crippen LogP contribution in [0.4, 0.5) is 4.39 Å². The van der Waals surface area contributed by atoms with E-state index in [9.17, 15) is 14.0 Å². The highest BCUT2D eigenvalue weighted by molar-refractivity contribution is 7.18. The molecular weight excluding hydrogens is 449 g/mol. The van der Waals surface area contributed by atoms with Gasteiger partial charge in [-0.05, 0) is 48.7 Å². The number of carbonyl (C=O) groups is 2. The Balaban J connectivity index is 1.55. The van der Waals surface area contributed by atoms with Crippen molar-refractivity contribution in [3.05, 3.63) is 101 Å². The van der Waals surface area contributed by atoms with E-state index in [0.717, 1.165) is 26.4 Å². The van der Waals surface area contributed by atoms with Crippen LogP contribution in [0.5, 0.6) is 0 Å². The van der Waals surface area contributed by atoms with Gasteiger partial charge < -0.3 is 11.1 Å². The second-order valence-electron chi connectivity index (χ2n) is 8.59. The van der Waals surface area contributed by atoms with Gasteiger partial charge in [-0.2, -0.15) is 0 Å². The van der Waals surface area contributed by atoms with Crippen LogP contribution in [0, 0.1) is 11.7 Å². The van der Waals surface area contributed by atoms with E-state index in [2.05, 4.69) is 5.32 Å². The fourth-order valence-corrected chi connectivity index (χ4v) is 5.13. The van der Waals surface area contributed by atoms with Crippen molar-refractivity contribution in [2.75, 3.05) is 6.54 Å².